The molecule has 1 aromatic carbocycles. The van der Waals surface area contributed by atoms with Crippen LogP contribution in [0, 0.1) is 0 Å². The number of H-pyrrole nitrogens is 1. The molecule has 28 heavy (non-hydrogen) atoms. The number of halogens is 3. The molecule has 1 heterocycles. The van der Waals surface area contributed by atoms with Crippen LogP contribution >= 0.6 is 0 Å². The summed E-state index contributed by atoms with van der Waals surface area (Å²) in [6.45, 7) is 2.50. The van der Waals surface area contributed by atoms with Gasteiger partial charge in [-0.05, 0) is 36.3 Å². The smallest absolute Gasteiger partial charge is 0.417 e. The second-order valence-corrected chi connectivity index (χ2v) is 5.71. The van der Waals surface area contributed by atoms with Crippen LogP contribution in [0.2, 0.25) is 0 Å². The molecule has 0 spiro atoms. The van der Waals surface area contributed by atoms with Crippen LogP contribution in [0.1, 0.15) is 24.5 Å². The molecule has 0 saturated heterocycles. The molecule has 0 aliphatic carbocycles. The predicted molar refractivity (Wildman–Crippen MR) is 98.5 cm³/mol. The number of methoxy groups -OCH3 is 1. The Hall–Kier alpha value is -3.23. The molecule has 2 aromatic rings. The largest absolute Gasteiger partial charge is 0.493 e. The van der Waals surface area contributed by atoms with E-state index in [9.17, 15) is 22.8 Å². The lowest BCUT2D eigenvalue weighted by molar-refractivity contribution is -0.137. The number of aromatic amines is 1. The first-order chi connectivity index (χ1) is 13.2. The van der Waals surface area contributed by atoms with Crippen molar-refractivity contribution in [3.05, 3.63) is 58.0 Å². The molecular formula is C19H19F3N2O4. The number of aromatic nitrogens is 1. The number of carbonyl (C=O) groups is 1. The summed E-state index contributed by atoms with van der Waals surface area (Å²) in [4.78, 5) is 25.5. The topological polar surface area (TPSA) is 80.4 Å². The van der Waals surface area contributed by atoms with Gasteiger partial charge >= 0.3 is 6.18 Å². The Bertz CT molecular complexity index is 920. The van der Waals surface area contributed by atoms with E-state index in [4.69, 9.17) is 9.47 Å². The summed E-state index contributed by atoms with van der Waals surface area (Å²) in [6.07, 6.45) is -0.732. The number of anilines is 1. The van der Waals surface area contributed by atoms with Crippen LogP contribution in [0.5, 0.6) is 11.5 Å². The van der Waals surface area contributed by atoms with Crippen molar-refractivity contribution in [1.29, 1.82) is 0 Å². The molecule has 0 radical (unpaired) electrons. The van der Waals surface area contributed by atoms with Crippen molar-refractivity contribution in [1.82, 2.24) is 4.98 Å². The molecular weight excluding hydrogens is 377 g/mol. The maximum absolute atomic E-state index is 12.7. The molecule has 0 unspecified atom stereocenters. The normalized spacial score (nSPS) is 11.5. The fourth-order valence-electron chi connectivity index (χ4n) is 2.21. The third-order valence-electron chi connectivity index (χ3n) is 3.56. The number of ether oxygens (including phenoxy) is 2. The summed E-state index contributed by atoms with van der Waals surface area (Å²) in [5, 5.41) is 2.14. The summed E-state index contributed by atoms with van der Waals surface area (Å²) >= 11 is 0. The molecule has 2 rings (SSSR count). The Labute approximate surface area is 159 Å². The zero-order valence-corrected chi connectivity index (χ0v) is 15.2. The number of pyridine rings is 1. The van der Waals surface area contributed by atoms with Crippen molar-refractivity contribution in [3.63, 3.8) is 0 Å². The lowest BCUT2D eigenvalue weighted by Gasteiger charge is -2.10. The average molecular weight is 396 g/mol. The van der Waals surface area contributed by atoms with Gasteiger partial charge in [0.2, 0.25) is 5.91 Å². The second-order valence-electron chi connectivity index (χ2n) is 5.71. The molecule has 0 atom stereocenters. The molecule has 9 heteroatoms. The first-order valence-electron chi connectivity index (χ1n) is 8.34. The van der Waals surface area contributed by atoms with Gasteiger partial charge < -0.3 is 19.8 Å². The van der Waals surface area contributed by atoms with Crippen molar-refractivity contribution < 1.29 is 27.4 Å². The van der Waals surface area contributed by atoms with Gasteiger partial charge in [-0.2, -0.15) is 13.2 Å². The SMILES string of the molecule is CCCOc1ccc(/C=C/C(=O)Nc2cc(C(F)(F)F)c[nH]c2=O)cc1OC. The lowest BCUT2D eigenvalue weighted by Crippen LogP contribution is -2.20. The Balaban J connectivity index is 2.13. The van der Waals surface area contributed by atoms with Crippen molar-refractivity contribution in [3.8, 4) is 11.5 Å². The minimum atomic E-state index is -4.64. The maximum atomic E-state index is 12.7. The molecule has 0 bridgehead atoms. The van der Waals surface area contributed by atoms with E-state index in [0.29, 0.717) is 35.9 Å². The molecule has 1 aromatic heterocycles. The van der Waals surface area contributed by atoms with Gasteiger partial charge in [-0.15, -0.1) is 0 Å². The van der Waals surface area contributed by atoms with Gasteiger partial charge in [0.15, 0.2) is 11.5 Å². The van der Waals surface area contributed by atoms with E-state index >= 15 is 0 Å². The van der Waals surface area contributed by atoms with E-state index in [-0.39, 0.29) is 0 Å². The number of amides is 1. The first-order valence-corrected chi connectivity index (χ1v) is 8.34. The van der Waals surface area contributed by atoms with Crippen LogP contribution in [0.25, 0.3) is 6.08 Å². The highest BCUT2D eigenvalue weighted by Crippen LogP contribution is 2.30. The molecule has 1 amide bonds. The highest BCUT2D eigenvalue weighted by Gasteiger charge is 2.31. The summed E-state index contributed by atoms with van der Waals surface area (Å²) < 4.78 is 48.9. The molecule has 0 aliphatic rings. The highest BCUT2D eigenvalue weighted by molar-refractivity contribution is 6.01. The number of carbonyl (C=O) groups excluding carboxylic acids is 1. The van der Waals surface area contributed by atoms with E-state index in [1.807, 2.05) is 11.9 Å². The maximum Gasteiger partial charge on any atom is 0.417 e. The van der Waals surface area contributed by atoms with Crippen LogP contribution in [0.3, 0.4) is 0 Å². The van der Waals surface area contributed by atoms with Crippen LogP contribution in [-0.2, 0) is 11.0 Å². The number of nitrogens with one attached hydrogen (secondary N) is 2. The Morgan fingerprint density at radius 2 is 2.00 bits per heavy atom. The molecule has 2 N–H and O–H groups in total. The van der Waals surface area contributed by atoms with Crippen molar-refractivity contribution in [2.45, 2.75) is 19.5 Å². The van der Waals surface area contributed by atoms with Crippen LogP contribution in [0.15, 0.2) is 41.3 Å². The third-order valence-corrected chi connectivity index (χ3v) is 3.56. The molecule has 0 fully saturated rings. The fraction of sp³-hybridized carbons (Fsp3) is 0.263. The molecule has 150 valence electrons. The van der Waals surface area contributed by atoms with Crippen LogP contribution in [-0.4, -0.2) is 24.6 Å². The minimum Gasteiger partial charge on any atom is -0.493 e. The monoisotopic (exact) mass is 396 g/mol. The van der Waals surface area contributed by atoms with Gasteiger partial charge in [-0.1, -0.05) is 13.0 Å². The highest BCUT2D eigenvalue weighted by atomic mass is 19.4. The number of rotatable bonds is 7. The van der Waals surface area contributed by atoms with Gasteiger partial charge in [-0.3, -0.25) is 9.59 Å². The van der Waals surface area contributed by atoms with Crippen molar-refractivity contribution in [2.75, 3.05) is 19.0 Å². The summed E-state index contributed by atoms with van der Waals surface area (Å²) in [5.41, 5.74) is -1.80. The van der Waals surface area contributed by atoms with Gasteiger partial charge in [0.25, 0.3) is 5.56 Å². The Morgan fingerprint density at radius 1 is 1.25 bits per heavy atom. The Morgan fingerprint density at radius 3 is 2.64 bits per heavy atom. The van der Waals surface area contributed by atoms with Gasteiger partial charge in [0, 0.05) is 12.3 Å². The van der Waals surface area contributed by atoms with Crippen LogP contribution in [0.4, 0.5) is 18.9 Å². The summed E-state index contributed by atoms with van der Waals surface area (Å²) in [7, 11) is 1.48. The third kappa shape index (κ3) is 5.63. The average Bonchev–Trinajstić information content (AvgIpc) is 2.65. The molecule has 6 nitrogen and oxygen atoms in total. The summed E-state index contributed by atoms with van der Waals surface area (Å²) in [6, 6.07) is 5.59. The number of benzene rings is 1. The Kier molecular flexibility index (Phi) is 6.86. The van der Waals surface area contributed by atoms with E-state index in [0.717, 1.165) is 12.5 Å². The number of alkyl halides is 3. The predicted octanol–water partition coefficient (Wildman–Crippen LogP) is 3.84. The van der Waals surface area contributed by atoms with Gasteiger partial charge in [0.1, 0.15) is 5.69 Å². The van der Waals surface area contributed by atoms with Gasteiger partial charge in [0.05, 0.1) is 19.3 Å². The number of hydrogen-bond donors (Lipinski definition) is 2. The van der Waals surface area contributed by atoms with Crippen molar-refractivity contribution in [2.24, 2.45) is 0 Å². The van der Waals surface area contributed by atoms with Crippen molar-refractivity contribution >= 4 is 17.7 Å². The van der Waals surface area contributed by atoms with E-state index in [1.54, 1.807) is 18.2 Å². The standard InChI is InChI=1S/C19H19F3N2O4/c1-3-8-28-15-6-4-12(9-16(15)27-2)5-7-17(25)24-14-10-13(19(20,21)22)11-23-18(14)26/h4-7,9-11H,3,8H2,1-2H3,(H,23,26)(H,24,25)/b7-5+. The van der Waals surface area contributed by atoms with Gasteiger partial charge in [-0.25, -0.2) is 0 Å². The quantitative estimate of drug-likeness (QED) is 0.697. The molecule has 0 saturated carbocycles. The van der Waals surface area contributed by atoms with E-state index in [2.05, 4.69) is 5.32 Å². The number of hydrogen-bond acceptors (Lipinski definition) is 4. The minimum absolute atomic E-state index is 0.477. The van der Waals surface area contributed by atoms with E-state index < -0.39 is 28.9 Å². The lowest BCUT2D eigenvalue weighted by atomic mass is 10.2. The zero-order valence-electron chi connectivity index (χ0n) is 15.2. The van der Waals surface area contributed by atoms with Crippen LogP contribution < -0.4 is 20.3 Å². The molecule has 0 aliphatic heterocycles. The van der Waals surface area contributed by atoms with E-state index in [1.165, 1.54) is 13.2 Å². The summed E-state index contributed by atoms with van der Waals surface area (Å²) in [5.74, 6) is 0.280. The first kappa shape index (κ1) is 21.1. The second kappa shape index (κ2) is 9.12. The fourth-order valence-corrected chi connectivity index (χ4v) is 2.21. The zero-order chi connectivity index (χ0) is 20.7.